The molecule has 0 fully saturated rings. The zero-order valence-corrected chi connectivity index (χ0v) is 17.2. The molecule has 0 heterocycles. The number of hydrogen-bond donors (Lipinski definition) is 0. The number of carbonyl (C=O) groups excluding carboxylic acids is 1. The molecule has 0 radical (unpaired) electrons. The highest BCUT2D eigenvalue weighted by atomic mass is 16.5. The fraction of sp³-hybridized carbons (Fsp3) is 0.870. The lowest BCUT2D eigenvalue weighted by molar-refractivity contribution is -0.138. The van der Waals surface area contributed by atoms with Crippen LogP contribution in [0, 0.1) is 5.92 Å². The number of hydrogen-bond acceptors (Lipinski definition) is 2. The van der Waals surface area contributed by atoms with Crippen LogP contribution in [-0.2, 0) is 9.53 Å². The molecule has 148 valence electrons. The molecule has 2 heteroatoms. The lowest BCUT2D eigenvalue weighted by Gasteiger charge is -2.05. The zero-order chi connectivity index (χ0) is 18.6. The van der Waals surface area contributed by atoms with Crippen LogP contribution in [0.3, 0.4) is 0 Å². The first-order valence-electron chi connectivity index (χ1n) is 11.0. The van der Waals surface area contributed by atoms with E-state index in [1.165, 1.54) is 96.2 Å². The monoisotopic (exact) mass is 352 g/mol. The normalized spacial score (nSPS) is 11.0. The third kappa shape index (κ3) is 21.2. The van der Waals surface area contributed by atoms with Crippen LogP contribution in [-0.4, -0.2) is 5.97 Å². The van der Waals surface area contributed by atoms with Gasteiger partial charge in [0, 0.05) is 6.42 Å². The van der Waals surface area contributed by atoms with E-state index in [1.807, 2.05) is 0 Å². The number of unbranched alkanes of at least 4 members (excludes halogenated alkanes) is 14. The van der Waals surface area contributed by atoms with E-state index in [4.69, 9.17) is 4.74 Å². The Balaban J connectivity index is 3.05. The van der Waals surface area contributed by atoms with Crippen LogP contribution < -0.4 is 0 Å². The Bertz CT molecular complexity index is 296. The molecule has 0 amide bonds. The van der Waals surface area contributed by atoms with Gasteiger partial charge in [-0.3, -0.25) is 4.79 Å². The minimum atomic E-state index is -0.148. The minimum Gasteiger partial charge on any atom is -0.435 e. The molecule has 0 rings (SSSR count). The fourth-order valence-electron chi connectivity index (χ4n) is 3.27. The maximum atomic E-state index is 11.1. The van der Waals surface area contributed by atoms with E-state index in [-0.39, 0.29) is 5.97 Å². The van der Waals surface area contributed by atoms with E-state index in [0.29, 0.717) is 6.42 Å². The van der Waals surface area contributed by atoms with Gasteiger partial charge in [-0.05, 0) is 12.3 Å². The molecule has 0 aromatic rings. The van der Waals surface area contributed by atoms with Crippen molar-refractivity contribution in [3.8, 4) is 0 Å². The van der Waals surface area contributed by atoms with Crippen LogP contribution in [0.4, 0.5) is 0 Å². The van der Waals surface area contributed by atoms with Gasteiger partial charge in [-0.15, -0.1) is 0 Å². The third-order valence-electron chi connectivity index (χ3n) is 4.88. The van der Waals surface area contributed by atoms with Crippen molar-refractivity contribution in [1.29, 1.82) is 0 Å². The van der Waals surface area contributed by atoms with E-state index in [9.17, 15) is 4.79 Å². The number of esters is 1. The summed E-state index contributed by atoms with van der Waals surface area (Å²) in [5, 5.41) is 0. The lowest BCUT2D eigenvalue weighted by atomic mass is 10.0. The van der Waals surface area contributed by atoms with Gasteiger partial charge in [0.05, 0.1) is 6.26 Å². The van der Waals surface area contributed by atoms with Crippen LogP contribution >= 0.6 is 0 Å². The van der Waals surface area contributed by atoms with Gasteiger partial charge in [-0.25, -0.2) is 0 Å². The summed E-state index contributed by atoms with van der Waals surface area (Å²) in [6.07, 6.45) is 23.4. The molecule has 0 unspecified atom stereocenters. The average Bonchev–Trinajstić information content (AvgIpc) is 2.57. The van der Waals surface area contributed by atoms with Gasteiger partial charge in [-0.2, -0.15) is 0 Å². The lowest BCUT2D eigenvalue weighted by Crippen LogP contribution is -1.98. The van der Waals surface area contributed by atoms with Crippen molar-refractivity contribution in [2.24, 2.45) is 5.92 Å². The quantitative estimate of drug-likeness (QED) is 0.134. The molecule has 0 N–H and O–H groups in total. The number of carbonyl (C=O) groups is 1. The van der Waals surface area contributed by atoms with Crippen molar-refractivity contribution in [3.05, 3.63) is 12.8 Å². The maximum Gasteiger partial charge on any atom is 0.310 e. The largest absolute Gasteiger partial charge is 0.435 e. The summed E-state index contributed by atoms with van der Waals surface area (Å²) in [5.41, 5.74) is 0. The summed E-state index contributed by atoms with van der Waals surface area (Å²) in [6, 6.07) is 0. The van der Waals surface area contributed by atoms with Crippen LogP contribution in [0.25, 0.3) is 0 Å². The highest BCUT2D eigenvalue weighted by molar-refractivity contribution is 5.69. The summed E-state index contributed by atoms with van der Waals surface area (Å²) in [7, 11) is 0. The van der Waals surface area contributed by atoms with Crippen molar-refractivity contribution >= 4 is 5.97 Å². The Morgan fingerprint density at radius 1 is 0.720 bits per heavy atom. The smallest absolute Gasteiger partial charge is 0.310 e. The van der Waals surface area contributed by atoms with Gasteiger partial charge in [0.15, 0.2) is 0 Å². The van der Waals surface area contributed by atoms with Crippen LogP contribution in [0.5, 0.6) is 0 Å². The molecule has 0 saturated heterocycles. The second-order valence-corrected chi connectivity index (χ2v) is 7.89. The molecular weight excluding hydrogens is 308 g/mol. The summed E-state index contributed by atoms with van der Waals surface area (Å²) in [5.74, 6) is 0.728. The van der Waals surface area contributed by atoms with Crippen LogP contribution in [0.2, 0.25) is 0 Å². The van der Waals surface area contributed by atoms with Crippen LogP contribution in [0.1, 0.15) is 123 Å². The fourth-order valence-corrected chi connectivity index (χ4v) is 3.27. The van der Waals surface area contributed by atoms with E-state index in [0.717, 1.165) is 18.8 Å². The number of ether oxygens (including phenoxy) is 1. The molecule has 0 aromatic heterocycles. The Hall–Kier alpha value is -0.790. The van der Waals surface area contributed by atoms with Gasteiger partial charge in [0.1, 0.15) is 0 Å². The van der Waals surface area contributed by atoms with Gasteiger partial charge in [-0.1, -0.05) is 117 Å². The SMILES string of the molecule is C=COC(=O)CCCCCCCCCCCCCCCCCC(C)C. The van der Waals surface area contributed by atoms with Crippen LogP contribution in [0.15, 0.2) is 12.8 Å². The van der Waals surface area contributed by atoms with Gasteiger partial charge in [0.2, 0.25) is 0 Å². The van der Waals surface area contributed by atoms with Gasteiger partial charge in [0.25, 0.3) is 0 Å². The molecular formula is C23H44O2. The Morgan fingerprint density at radius 2 is 1.08 bits per heavy atom. The molecule has 0 aliphatic heterocycles. The van der Waals surface area contributed by atoms with Crippen molar-refractivity contribution in [3.63, 3.8) is 0 Å². The predicted octanol–water partition coefficient (Wildman–Crippen LogP) is 7.96. The third-order valence-corrected chi connectivity index (χ3v) is 4.88. The van der Waals surface area contributed by atoms with E-state index in [2.05, 4.69) is 20.4 Å². The molecule has 0 bridgehead atoms. The zero-order valence-electron chi connectivity index (χ0n) is 17.2. The highest BCUT2D eigenvalue weighted by Gasteiger charge is 2.00. The first-order chi connectivity index (χ1) is 12.2. The Labute approximate surface area is 157 Å². The van der Waals surface area contributed by atoms with Crippen molar-refractivity contribution < 1.29 is 9.53 Å². The predicted molar refractivity (Wildman–Crippen MR) is 110 cm³/mol. The Morgan fingerprint density at radius 3 is 1.44 bits per heavy atom. The van der Waals surface area contributed by atoms with E-state index >= 15 is 0 Å². The highest BCUT2D eigenvalue weighted by Crippen LogP contribution is 2.15. The van der Waals surface area contributed by atoms with E-state index < -0.39 is 0 Å². The van der Waals surface area contributed by atoms with Gasteiger partial charge >= 0.3 is 5.97 Å². The average molecular weight is 353 g/mol. The first kappa shape index (κ1) is 24.2. The molecule has 0 aliphatic carbocycles. The summed E-state index contributed by atoms with van der Waals surface area (Å²) in [4.78, 5) is 11.1. The molecule has 0 aromatic carbocycles. The van der Waals surface area contributed by atoms with Gasteiger partial charge < -0.3 is 4.74 Å². The van der Waals surface area contributed by atoms with E-state index in [1.54, 1.807) is 0 Å². The molecule has 25 heavy (non-hydrogen) atoms. The summed E-state index contributed by atoms with van der Waals surface area (Å²) < 4.78 is 4.70. The summed E-state index contributed by atoms with van der Waals surface area (Å²) >= 11 is 0. The van der Waals surface area contributed by atoms with Crippen molar-refractivity contribution in [2.45, 2.75) is 123 Å². The standard InChI is InChI=1S/C23H44O2/c1-4-25-23(24)21-19-17-15-13-11-9-7-5-6-8-10-12-14-16-18-20-22(2)3/h4,22H,1,5-21H2,2-3H3. The molecule has 0 aliphatic rings. The van der Waals surface area contributed by atoms with Crippen molar-refractivity contribution in [1.82, 2.24) is 0 Å². The molecule has 0 spiro atoms. The number of rotatable bonds is 19. The topological polar surface area (TPSA) is 26.3 Å². The van der Waals surface area contributed by atoms with Crippen molar-refractivity contribution in [2.75, 3.05) is 0 Å². The Kier molecular flexibility index (Phi) is 18.9. The second-order valence-electron chi connectivity index (χ2n) is 7.89. The molecule has 0 saturated carbocycles. The first-order valence-corrected chi connectivity index (χ1v) is 11.0. The minimum absolute atomic E-state index is 0.148. The maximum absolute atomic E-state index is 11.1. The second kappa shape index (κ2) is 19.5. The molecule has 0 atom stereocenters. The summed E-state index contributed by atoms with van der Waals surface area (Å²) in [6.45, 7) is 8.03. The molecule has 2 nitrogen and oxygen atoms in total.